The summed E-state index contributed by atoms with van der Waals surface area (Å²) in [6.45, 7) is 5.44. The van der Waals surface area contributed by atoms with Crippen LogP contribution in [0, 0.1) is 0 Å². The number of likely N-dealkylation sites (N-methyl/N-ethyl adjacent to an activating group) is 1. The molecule has 0 saturated heterocycles. The first-order chi connectivity index (χ1) is 26.6. The van der Waals surface area contributed by atoms with Gasteiger partial charge in [0.25, 0.3) is 7.82 Å². The molecule has 0 aromatic heterocycles. The minimum absolute atomic E-state index is 0.0283. The lowest BCUT2D eigenvalue weighted by molar-refractivity contribution is -0.870. The number of unbranched alkanes of at least 4 members (excludes halogenated alkanes) is 28. The van der Waals surface area contributed by atoms with Crippen LogP contribution in [0.15, 0.2) is 12.2 Å². The van der Waals surface area contributed by atoms with Crippen LogP contribution in [-0.2, 0) is 27.9 Å². The summed E-state index contributed by atoms with van der Waals surface area (Å²) >= 11 is 0. The second-order valence-electron chi connectivity index (χ2n) is 17.1. The van der Waals surface area contributed by atoms with Gasteiger partial charge in [0.1, 0.15) is 19.3 Å². The molecule has 328 valence electrons. The number of carbonyl (C=O) groups excluding carboxylic acids is 1. The second kappa shape index (κ2) is 40.0. The number of nitrogens with zero attached hydrogens (tertiary/aromatic N) is 1. The highest BCUT2D eigenvalue weighted by atomic mass is 31.2. The first-order valence-corrected chi connectivity index (χ1v) is 24.9. The zero-order valence-corrected chi connectivity index (χ0v) is 38.0. The van der Waals surface area contributed by atoms with Crippen molar-refractivity contribution in [3.05, 3.63) is 12.2 Å². The molecule has 0 amide bonds. The molecule has 0 aliphatic heterocycles. The molecule has 2 atom stereocenters. The molecule has 0 heterocycles. The molecule has 0 rings (SSSR count). The van der Waals surface area contributed by atoms with Gasteiger partial charge in [-0.05, 0) is 38.5 Å². The number of quaternary nitrogens is 1. The molecule has 0 N–H and O–H groups in total. The van der Waals surface area contributed by atoms with Crippen LogP contribution in [0.25, 0.3) is 0 Å². The van der Waals surface area contributed by atoms with Gasteiger partial charge in [-0.3, -0.25) is 9.36 Å². The maximum absolute atomic E-state index is 12.7. The molecule has 0 spiro atoms. The van der Waals surface area contributed by atoms with Gasteiger partial charge in [-0.25, -0.2) is 0 Å². The number of ether oxygens (including phenoxy) is 2. The van der Waals surface area contributed by atoms with E-state index < -0.39 is 13.9 Å². The lowest BCUT2D eigenvalue weighted by atomic mass is 10.0. The van der Waals surface area contributed by atoms with Gasteiger partial charge < -0.3 is 27.9 Å². The largest absolute Gasteiger partial charge is 0.756 e. The zero-order valence-electron chi connectivity index (χ0n) is 37.1. The first-order valence-electron chi connectivity index (χ1n) is 23.4. The molecule has 0 aliphatic carbocycles. The zero-order chi connectivity index (χ0) is 40.6. The number of hydrogen-bond acceptors (Lipinski definition) is 7. The van der Waals surface area contributed by atoms with Crippen molar-refractivity contribution in [3.63, 3.8) is 0 Å². The number of carbonyl (C=O) groups is 1. The quantitative estimate of drug-likeness (QED) is 0.0199. The van der Waals surface area contributed by atoms with Crippen molar-refractivity contribution < 1.29 is 37.3 Å². The van der Waals surface area contributed by atoms with Crippen LogP contribution in [0.3, 0.4) is 0 Å². The van der Waals surface area contributed by atoms with Crippen LogP contribution in [0.4, 0.5) is 0 Å². The fraction of sp³-hybridized carbons (Fsp3) is 0.935. The first kappa shape index (κ1) is 54.2. The Morgan fingerprint density at radius 1 is 0.545 bits per heavy atom. The summed E-state index contributed by atoms with van der Waals surface area (Å²) < 4.78 is 34.6. The van der Waals surface area contributed by atoms with Crippen molar-refractivity contribution in [1.82, 2.24) is 0 Å². The highest BCUT2D eigenvalue weighted by Crippen LogP contribution is 2.38. The van der Waals surface area contributed by atoms with Crippen molar-refractivity contribution in [1.29, 1.82) is 0 Å². The number of rotatable bonds is 44. The van der Waals surface area contributed by atoms with E-state index in [2.05, 4.69) is 26.0 Å². The summed E-state index contributed by atoms with van der Waals surface area (Å²) in [6, 6.07) is 0. The normalized spacial score (nSPS) is 13.8. The van der Waals surface area contributed by atoms with Gasteiger partial charge in [0.15, 0.2) is 0 Å². The maximum Gasteiger partial charge on any atom is 0.306 e. The summed E-state index contributed by atoms with van der Waals surface area (Å²) in [5.41, 5.74) is 0. The summed E-state index contributed by atoms with van der Waals surface area (Å²) in [5, 5.41) is 0. The molecule has 0 bridgehead atoms. The van der Waals surface area contributed by atoms with E-state index in [1.54, 1.807) is 0 Å². The number of phosphoric ester groups is 1. The summed E-state index contributed by atoms with van der Waals surface area (Å²) in [6.07, 6.45) is 43.6. The van der Waals surface area contributed by atoms with E-state index in [0.717, 1.165) is 32.1 Å². The predicted octanol–water partition coefficient (Wildman–Crippen LogP) is 13.2. The van der Waals surface area contributed by atoms with Gasteiger partial charge in [-0.1, -0.05) is 187 Å². The van der Waals surface area contributed by atoms with Crippen molar-refractivity contribution in [3.8, 4) is 0 Å². The third-order valence-corrected chi connectivity index (χ3v) is 11.3. The standard InChI is InChI=1S/C46H92NO7P/c1-6-8-10-12-14-16-18-20-22-24-25-27-29-31-33-35-37-39-46(48)54-45(44-53-55(49,50)52-42-40-47(3,4)5)43-51-41-38-36-34-32-30-28-26-23-21-19-17-15-13-11-9-7-2/h21,23,45H,6-20,22,24-44H2,1-5H3/b23-21-. The van der Waals surface area contributed by atoms with Gasteiger partial charge in [0.2, 0.25) is 0 Å². The van der Waals surface area contributed by atoms with E-state index in [9.17, 15) is 14.3 Å². The molecular formula is C46H92NO7P. The van der Waals surface area contributed by atoms with E-state index in [4.69, 9.17) is 18.5 Å². The number of esters is 1. The molecule has 0 aromatic rings. The fourth-order valence-electron chi connectivity index (χ4n) is 6.66. The lowest BCUT2D eigenvalue weighted by Gasteiger charge is -2.28. The Kier molecular flexibility index (Phi) is 39.5. The minimum atomic E-state index is -4.52. The molecule has 9 heteroatoms. The Balaban J connectivity index is 4.18. The number of hydrogen-bond donors (Lipinski definition) is 0. The van der Waals surface area contributed by atoms with Crippen LogP contribution in [0.1, 0.15) is 219 Å². The monoisotopic (exact) mass is 802 g/mol. The smallest absolute Gasteiger partial charge is 0.306 e. The summed E-state index contributed by atoms with van der Waals surface area (Å²) in [4.78, 5) is 25.1. The molecule has 0 fully saturated rings. The Hall–Kier alpha value is -0.760. The minimum Gasteiger partial charge on any atom is -0.756 e. The highest BCUT2D eigenvalue weighted by molar-refractivity contribution is 7.45. The SMILES string of the molecule is CCCCCCCC/C=C\CCCCCCCCOCC(COP(=O)([O-])OCC[N+](C)(C)C)OC(=O)CCCCCCCCCCCCCCCCCCC. The molecule has 0 radical (unpaired) electrons. The van der Waals surface area contributed by atoms with Gasteiger partial charge in [-0.15, -0.1) is 0 Å². The summed E-state index contributed by atoms with van der Waals surface area (Å²) in [7, 11) is 1.36. The van der Waals surface area contributed by atoms with E-state index in [-0.39, 0.29) is 25.8 Å². The van der Waals surface area contributed by atoms with Crippen LogP contribution in [0.2, 0.25) is 0 Å². The van der Waals surface area contributed by atoms with E-state index in [1.165, 1.54) is 167 Å². The predicted molar refractivity (Wildman–Crippen MR) is 231 cm³/mol. The average Bonchev–Trinajstić information content (AvgIpc) is 3.13. The molecule has 2 unspecified atom stereocenters. The Bertz CT molecular complexity index is 894. The van der Waals surface area contributed by atoms with Gasteiger partial charge >= 0.3 is 5.97 Å². The Morgan fingerprint density at radius 2 is 0.945 bits per heavy atom. The maximum atomic E-state index is 12.7. The van der Waals surface area contributed by atoms with Crippen molar-refractivity contribution in [2.24, 2.45) is 0 Å². The lowest BCUT2D eigenvalue weighted by Crippen LogP contribution is -2.37. The van der Waals surface area contributed by atoms with Crippen LogP contribution < -0.4 is 4.89 Å². The van der Waals surface area contributed by atoms with E-state index in [1.807, 2.05) is 21.1 Å². The van der Waals surface area contributed by atoms with Crippen LogP contribution in [0.5, 0.6) is 0 Å². The van der Waals surface area contributed by atoms with Gasteiger partial charge in [0, 0.05) is 13.0 Å². The highest BCUT2D eigenvalue weighted by Gasteiger charge is 2.20. The molecule has 0 saturated carbocycles. The third kappa shape index (κ3) is 44.2. The average molecular weight is 802 g/mol. The van der Waals surface area contributed by atoms with Gasteiger partial charge in [-0.2, -0.15) is 0 Å². The van der Waals surface area contributed by atoms with E-state index in [0.29, 0.717) is 24.1 Å². The van der Waals surface area contributed by atoms with Crippen molar-refractivity contribution in [2.45, 2.75) is 225 Å². The van der Waals surface area contributed by atoms with Gasteiger partial charge in [0.05, 0.1) is 34.4 Å². The Labute approximate surface area is 341 Å². The topological polar surface area (TPSA) is 94.1 Å². The molecule has 0 aliphatic rings. The third-order valence-electron chi connectivity index (χ3n) is 10.3. The van der Waals surface area contributed by atoms with Crippen molar-refractivity contribution >= 4 is 13.8 Å². The Morgan fingerprint density at radius 3 is 1.38 bits per heavy atom. The van der Waals surface area contributed by atoms with E-state index >= 15 is 0 Å². The number of allylic oxidation sites excluding steroid dienone is 2. The van der Waals surface area contributed by atoms with Crippen LogP contribution >= 0.6 is 7.82 Å². The second-order valence-corrected chi connectivity index (χ2v) is 18.5. The molecular weight excluding hydrogens is 709 g/mol. The van der Waals surface area contributed by atoms with Crippen molar-refractivity contribution in [2.75, 3.05) is 54.1 Å². The summed E-state index contributed by atoms with van der Waals surface area (Å²) in [5.74, 6) is -0.331. The molecule has 8 nitrogen and oxygen atoms in total. The van der Waals surface area contributed by atoms with Crippen LogP contribution in [-0.4, -0.2) is 70.7 Å². The molecule has 55 heavy (non-hydrogen) atoms. The fourth-order valence-corrected chi connectivity index (χ4v) is 7.39. The molecule has 0 aromatic carbocycles. The number of phosphoric acid groups is 1.